The van der Waals surface area contributed by atoms with Crippen molar-refractivity contribution in [1.29, 1.82) is 0 Å². The Kier molecular flexibility index (Phi) is 57.9. The molecule has 79 heavy (non-hydrogen) atoms. The maximum atomic E-state index is 12.9. The second-order valence-electron chi connectivity index (χ2n) is 23.0. The molecule has 0 bridgehead atoms. The van der Waals surface area contributed by atoms with Crippen molar-refractivity contribution >= 4 is 17.9 Å². The monoisotopic (exact) mass is 1110 g/mol. The van der Waals surface area contributed by atoms with E-state index < -0.39 is 24.3 Å². The molecule has 0 heterocycles. The summed E-state index contributed by atoms with van der Waals surface area (Å²) >= 11 is 0. The molecule has 0 fully saturated rings. The largest absolute Gasteiger partial charge is 0.477 e. The van der Waals surface area contributed by atoms with Crippen LogP contribution >= 0.6 is 0 Å². The minimum Gasteiger partial charge on any atom is -0.477 e. The molecule has 456 valence electrons. The Labute approximate surface area is 487 Å². The summed E-state index contributed by atoms with van der Waals surface area (Å²) in [6, 6.07) is 0. The molecule has 1 N–H and O–H groups in total. The van der Waals surface area contributed by atoms with Crippen LogP contribution in [0.3, 0.4) is 0 Å². The number of carbonyl (C=O) groups is 3. The Bertz CT molecular complexity index is 1570. The molecule has 9 nitrogen and oxygen atoms in total. The molecule has 0 spiro atoms. The third kappa shape index (κ3) is 61.9. The number of esters is 2. The zero-order chi connectivity index (χ0) is 57.6. The third-order valence-corrected chi connectivity index (χ3v) is 14.1. The maximum Gasteiger partial charge on any atom is 0.361 e. The summed E-state index contributed by atoms with van der Waals surface area (Å²) in [6.45, 7) is 4.77. The molecule has 0 aromatic heterocycles. The van der Waals surface area contributed by atoms with Gasteiger partial charge in [-0.15, -0.1) is 0 Å². The zero-order valence-electron chi connectivity index (χ0n) is 52.0. The second kappa shape index (κ2) is 60.6. The third-order valence-electron chi connectivity index (χ3n) is 14.1. The van der Waals surface area contributed by atoms with Crippen LogP contribution in [0.1, 0.15) is 284 Å². The van der Waals surface area contributed by atoms with Crippen LogP contribution in [0.2, 0.25) is 0 Å². The standard InChI is InChI=1S/C70H123NO8/c1-6-8-10-12-14-16-18-20-22-24-26-28-30-31-32-33-34-35-36-37-39-40-42-44-46-48-50-52-54-56-58-60-67(72)77-64-66(65-78-70(69(74)75)76-63-62-71(3,4)5)79-68(73)61-59-57-55-53-51-49-47-45-43-41-38-29-27-25-23-21-19-17-15-13-11-9-7-2/h9,11,15,17-18,20-21,23-24,26-27,29-31,66,70H,6-8,10,12-14,16,19,22,25,28,32-65H2,1-5H3/p+1/b11-9-,17-15-,20-18-,23-21-,26-24-,29-27-,31-30-. The summed E-state index contributed by atoms with van der Waals surface area (Å²) in [4.78, 5) is 37.6. The number of likely N-dealkylation sites (N-methyl/N-ethyl adjacent to an activating group) is 1. The van der Waals surface area contributed by atoms with Crippen LogP contribution in [0.15, 0.2) is 85.1 Å². The highest BCUT2D eigenvalue weighted by molar-refractivity contribution is 5.71. The number of allylic oxidation sites excluding steroid dienone is 14. The van der Waals surface area contributed by atoms with Gasteiger partial charge in [-0.3, -0.25) is 9.59 Å². The Morgan fingerprint density at radius 2 is 0.722 bits per heavy atom. The number of unbranched alkanes of at least 4 members (excludes halogenated alkanes) is 31. The van der Waals surface area contributed by atoms with Gasteiger partial charge in [0, 0.05) is 12.8 Å². The normalized spacial score (nSPS) is 13.3. The van der Waals surface area contributed by atoms with Gasteiger partial charge in [0.25, 0.3) is 6.29 Å². The summed E-state index contributed by atoms with van der Waals surface area (Å²) in [5, 5.41) is 9.73. The highest BCUT2D eigenvalue weighted by atomic mass is 16.7. The Morgan fingerprint density at radius 1 is 0.392 bits per heavy atom. The molecule has 0 aliphatic heterocycles. The number of carboxylic acid groups (broad SMARTS) is 1. The first kappa shape index (κ1) is 75.5. The number of quaternary nitrogens is 1. The van der Waals surface area contributed by atoms with Crippen molar-refractivity contribution in [1.82, 2.24) is 0 Å². The van der Waals surface area contributed by atoms with Crippen molar-refractivity contribution in [3.63, 3.8) is 0 Å². The van der Waals surface area contributed by atoms with Crippen LogP contribution in [0.5, 0.6) is 0 Å². The van der Waals surface area contributed by atoms with Gasteiger partial charge in [0.05, 0.1) is 34.4 Å². The van der Waals surface area contributed by atoms with Gasteiger partial charge in [-0.2, -0.15) is 0 Å². The number of hydrogen-bond donors (Lipinski definition) is 1. The predicted octanol–water partition coefficient (Wildman–Crippen LogP) is 19.9. The number of hydrogen-bond acceptors (Lipinski definition) is 7. The molecular formula is C70H124NO8+. The van der Waals surface area contributed by atoms with E-state index in [4.69, 9.17) is 18.9 Å². The van der Waals surface area contributed by atoms with Gasteiger partial charge >= 0.3 is 17.9 Å². The van der Waals surface area contributed by atoms with E-state index in [9.17, 15) is 19.5 Å². The van der Waals surface area contributed by atoms with E-state index in [1.165, 1.54) is 167 Å². The van der Waals surface area contributed by atoms with Gasteiger partial charge < -0.3 is 28.5 Å². The van der Waals surface area contributed by atoms with E-state index in [1.54, 1.807) is 0 Å². The molecule has 0 aromatic carbocycles. The number of nitrogens with zero attached hydrogens (tertiary/aromatic N) is 1. The molecule has 0 aliphatic carbocycles. The molecule has 0 saturated heterocycles. The lowest BCUT2D eigenvalue weighted by Crippen LogP contribution is -2.40. The fourth-order valence-corrected chi connectivity index (χ4v) is 9.13. The van der Waals surface area contributed by atoms with Gasteiger partial charge in [-0.05, 0) is 89.9 Å². The lowest BCUT2D eigenvalue weighted by Gasteiger charge is -2.25. The predicted molar refractivity (Wildman–Crippen MR) is 336 cm³/mol. The van der Waals surface area contributed by atoms with Crippen LogP contribution in [0.25, 0.3) is 0 Å². The van der Waals surface area contributed by atoms with Crippen LogP contribution in [0, 0.1) is 0 Å². The van der Waals surface area contributed by atoms with E-state index >= 15 is 0 Å². The summed E-state index contributed by atoms with van der Waals surface area (Å²) in [5.74, 6) is -2.00. The SMILES string of the molecule is CC/C=C\C/C=C\C/C=C\C/C=C\CCCCCCCCCCCCC(=O)OC(COC(=O)CCCCCCCCCCCCCCCCCC/C=C\C/C=C\C/C=C\CCCCCCC)COC(OCC[N+](C)(C)C)C(=O)O. The maximum absolute atomic E-state index is 12.9. The van der Waals surface area contributed by atoms with Gasteiger partial charge in [0.2, 0.25) is 0 Å². The van der Waals surface area contributed by atoms with E-state index in [0.717, 1.165) is 83.5 Å². The van der Waals surface area contributed by atoms with E-state index in [1.807, 2.05) is 21.1 Å². The van der Waals surface area contributed by atoms with Crippen molar-refractivity contribution in [2.75, 3.05) is 47.5 Å². The highest BCUT2D eigenvalue weighted by Gasteiger charge is 2.25. The van der Waals surface area contributed by atoms with Crippen molar-refractivity contribution in [3.05, 3.63) is 85.1 Å². The van der Waals surface area contributed by atoms with Crippen LogP contribution in [-0.2, 0) is 33.3 Å². The highest BCUT2D eigenvalue weighted by Crippen LogP contribution is 2.17. The summed E-state index contributed by atoms with van der Waals surface area (Å²) in [7, 11) is 5.97. The number of rotatable bonds is 60. The fourth-order valence-electron chi connectivity index (χ4n) is 9.13. The molecule has 0 aromatic rings. The average Bonchev–Trinajstić information content (AvgIpc) is 3.42. The minimum atomic E-state index is -1.52. The van der Waals surface area contributed by atoms with Gasteiger partial charge in [0.1, 0.15) is 13.2 Å². The Balaban J connectivity index is 4.14. The summed E-state index contributed by atoms with van der Waals surface area (Å²) in [6.07, 6.45) is 78.2. The zero-order valence-corrected chi connectivity index (χ0v) is 52.0. The molecule has 2 atom stereocenters. The molecule has 0 amide bonds. The topological polar surface area (TPSA) is 108 Å². The molecule has 0 rings (SSSR count). The average molecular weight is 1110 g/mol. The first-order valence-electron chi connectivity index (χ1n) is 32.8. The van der Waals surface area contributed by atoms with E-state index in [0.29, 0.717) is 23.9 Å². The molecule has 2 unspecified atom stereocenters. The van der Waals surface area contributed by atoms with Gasteiger partial charge in [-0.1, -0.05) is 266 Å². The molecule has 9 heteroatoms. The smallest absolute Gasteiger partial charge is 0.361 e. The Hall–Kier alpha value is -3.53. The fraction of sp³-hybridized carbons (Fsp3) is 0.757. The van der Waals surface area contributed by atoms with E-state index in [-0.39, 0.29) is 32.2 Å². The molecule has 0 radical (unpaired) electrons. The molecule has 0 saturated carbocycles. The molecule has 0 aliphatic rings. The first-order valence-corrected chi connectivity index (χ1v) is 32.8. The van der Waals surface area contributed by atoms with Crippen LogP contribution in [0.4, 0.5) is 0 Å². The number of carboxylic acids is 1. The summed E-state index contributed by atoms with van der Waals surface area (Å²) < 4.78 is 22.9. The van der Waals surface area contributed by atoms with Crippen LogP contribution < -0.4 is 0 Å². The van der Waals surface area contributed by atoms with Crippen LogP contribution in [-0.4, -0.2) is 87.4 Å². The number of aliphatic carboxylic acids is 1. The lowest BCUT2D eigenvalue weighted by molar-refractivity contribution is -0.870. The van der Waals surface area contributed by atoms with Crippen molar-refractivity contribution in [2.24, 2.45) is 0 Å². The summed E-state index contributed by atoms with van der Waals surface area (Å²) in [5.41, 5.74) is 0. The Morgan fingerprint density at radius 3 is 1.08 bits per heavy atom. The lowest BCUT2D eigenvalue weighted by atomic mass is 10.0. The quantitative estimate of drug-likeness (QED) is 0.0211. The van der Waals surface area contributed by atoms with Crippen molar-refractivity contribution < 1.29 is 42.9 Å². The van der Waals surface area contributed by atoms with Gasteiger partial charge in [0.15, 0.2) is 6.10 Å². The van der Waals surface area contributed by atoms with Crippen molar-refractivity contribution in [3.8, 4) is 0 Å². The second-order valence-corrected chi connectivity index (χ2v) is 23.0. The minimum absolute atomic E-state index is 0.184. The first-order chi connectivity index (χ1) is 38.6. The number of ether oxygens (including phenoxy) is 4. The van der Waals surface area contributed by atoms with E-state index in [2.05, 4.69) is 98.9 Å². The molecular weight excluding hydrogens is 983 g/mol. The number of carbonyl (C=O) groups excluding carboxylic acids is 2. The van der Waals surface area contributed by atoms with Crippen molar-refractivity contribution in [2.45, 2.75) is 296 Å². The van der Waals surface area contributed by atoms with Gasteiger partial charge in [-0.25, -0.2) is 4.79 Å².